The van der Waals surface area contributed by atoms with Crippen LogP contribution in [0, 0.1) is 11.3 Å². The van der Waals surface area contributed by atoms with Crippen molar-refractivity contribution in [3.63, 3.8) is 0 Å². The highest BCUT2D eigenvalue weighted by molar-refractivity contribution is 6.32. The molecule has 0 atom stereocenters. The van der Waals surface area contributed by atoms with Crippen molar-refractivity contribution in [3.05, 3.63) is 47.4 Å². The molecule has 0 unspecified atom stereocenters. The molecule has 0 amide bonds. The molecule has 0 N–H and O–H groups in total. The van der Waals surface area contributed by atoms with E-state index in [1.54, 1.807) is 41.2 Å². The molecule has 2 aromatic heterocycles. The highest BCUT2D eigenvalue weighted by Gasteiger charge is 2.06. The van der Waals surface area contributed by atoms with E-state index in [4.69, 9.17) is 16.9 Å². The van der Waals surface area contributed by atoms with E-state index in [0.29, 0.717) is 16.5 Å². The highest BCUT2D eigenvalue weighted by Crippen LogP contribution is 2.18. The Bertz CT molecular complexity index is 496. The van der Waals surface area contributed by atoms with Crippen LogP contribution < -0.4 is 0 Å². The molecular formula is C10H6ClN3. The van der Waals surface area contributed by atoms with Crippen LogP contribution in [-0.2, 0) is 0 Å². The summed E-state index contributed by atoms with van der Waals surface area (Å²) < 4.78 is 1.66. The van der Waals surface area contributed by atoms with Crippen molar-refractivity contribution >= 4 is 11.6 Å². The maximum absolute atomic E-state index is 8.82. The molecule has 68 valence electrons. The van der Waals surface area contributed by atoms with Gasteiger partial charge in [0.05, 0.1) is 5.02 Å². The minimum Gasteiger partial charge on any atom is -0.291 e. The topological polar surface area (TPSA) is 41.6 Å². The van der Waals surface area contributed by atoms with E-state index in [9.17, 15) is 0 Å². The number of nitriles is 1. The Balaban J connectivity index is 2.62. The fourth-order valence-corrected chi connectivity index (χ4v) is 1.42. The number of rotatable bonds is 1. The Labute approximate surface area is 86.2 Å². The van der Waals surface area contributed by atoms with Crippen LogP contribution in [0.4, 0.5) is 0 Å². The Morgan fingerprint density at radius 3 is 2.93 bits per heavy atom. The van der Waals surface area contributed by atoms with Gasteiger partial charge in [0.2, 0.25) is 0 Å². The molecule has 0 bridgehead atoms. The van der Waals surface area contributed by atoms with Gasteiger partial charge in [0, 0.05) is 12.4 Å². The standard InChI is InChI=1S/C10H6ClN3/c11-9-4-1-5-13-10(9)14-6-2-3-8(14)7-12/h1-6H. The summed E-state index contributed by atoms with van der Waals surface area (Å²) in [4.78, 5) is 4.11. The second-order valence-electron chi connectivity index (χ2n) is 2.68. The van der Waals surface area contributed by atoms with E-state index >= 15 is 0 Å². The van der Waals surface area contributed by atoms with Crippen LogP contribution in [0.15, 0.2) is 36.7 Å². The van der Waals surface area contributed by atoms with Gasteiger partial charge in [0.1, 0.15) is 11.8 Å². The summed E-state index contributed by atoms with van der Waals surface area (Å²) in [7, 11) is 0. The van der Waals surface area contributed by atoms with Crippen molar-refractivity contribution < 1.29 is 0 Å². The predicted molar refractivity (Wildman–Crippen MR) is 53.3 cm³/mol. The van der Waals surface area contributed by atoms with Crippen LogP contribution in [0.1, 0.15) is 5.69 Å². The Morgan fingerprint density at radius 2 is 2.21 bits per heavy atom. The molecule has 0 saturated carbocycles. The van der Waals surface area contributed by atoms with Gasteiger partial charge in [0.25, 0.3) is 0 Å². The van der Waals surface area contributed by atoms with Crippen LogP contribution in [0.2, 0.25) is 5.02 Å². The molecule has 14 heavy (non-hydrogen) atoms. The van der Waals surface area contributed by atoms with Gasteiger partial charge in [-0.15, -0.1) is 0 Å². The second kappa shape index (κ2) is 3.52. The van der Waals surface area contributed by atoms with Gasteiger partial charge >= 0.3 is 0 Å². The van der Waals surface area contributed by atoms with Crippen molar-refractivity contribution in [1.82, 2.24) is 9.55 Å². The second-order valence-corrected chi connectivity index (χ2v) is 3.09. The molecule has 2 aromatic rings. The summed E-state index contributed by atoms with van der Waals surface area (Å²) in [6.45, 7) is 0. The maximum atomic E-state index is 8.82. The van der Waals surface area contributed by atoms with E-state index in [2.05, 4.69) is 11.1 Å². The first kappa shape index (κ1) is 8.79. The lowest BCUT2D eigenvalue weighted by Crippen LogP contribution is -1.98. The van der Waals surface area contributed by atoms with E-state index in [1.807, 2.05) is 0 Å². The van der Waals surface area contributed by atoms with Crippen LogP contribution in [0.3, 0.4) is 0 Å². The van der Waals surface area contributed by atoms with E-state index in [0.717, 1.165) is 0 Å². The zero-order valence-corrected chi connectivity index (χ0v) is 7.94. The molecule has 0 aliphatic carbocycles. The molecule has 0 fully saturated rings. The first-order valence-electron chi connectivity index (χ1n) is 4.01. The van der Waals surface area contributed by atoms with E-state index in [1.165, 1.54) is 0 Å². The van der Waals surface area contributed by atoms with Crippen molar-refractivity contribution in [2.24, 2.45) is 0 Å². The number of nitrogens with zero attached hydrogens (tertiary/aromatic N) is 3. The lowest BCUT2D eigenvalue weighted by molar-refractivity contribution is 0.989. The highest BCUT2D eigenvalue weighted by atomic mass is 35.5. The average molecular weight is 204 g/mol. The van der Waals surface area contributed by atoms with Gasteiger partial charge in [-0.3, -0.25) is 4.57 Å². The van der Waals surface area contributed by atoms with Crippen molar-refractivity contribution in [1.29, 1.82) is 5.26 Å². The maximum Gasteiger partial charge on any atom is 0.156 e. The van der Waals surface area contributed by atoms with E-state index in [-0.39, 0.29) is 0 Å². The third-order valence-electron chi connectivity index (χ3n) is 1.83. The van der Waals surface area contributed by atoms with Gasteiger partial charge in [-0.25, -0.2) is 4.98 Å². The molecule has 0 aromatic carbocycles. The van der Waals surface area contributed by atoms with Crippen LogP contribution in [-0.4, -0.2) is 9.55 Å². The average Bonchev–Trinajstić information content (AvgIpc) is 2.66. The zero-order valence-electron chi connectivity index (χ0n) is 7.18. The van der Waals surface area contributed by atoms with Crippen LogP contribution in [0.25, 0.3) is 5.82 Å². The third-order valence-corrected chi connectivity index (χ3v) is 2.13. The number of pyridine rings is 1. The Kier molecular flexibility index (Phi) is 2.21. The van der Waals surface area contributed by atoms with Gasteiger partial charge in [-0.05, 0) is 24.3 Å². The summed E-state index contributed by atoms with van der Waals surface area (Å²) in [6, 6.07) is 9.05. The molecule has 0 spiro atoms. The summed E-state index contributed by atoms with van der Waals surface area (Å²) in [6.07, 6.45) is 3.40. The summed E-state index contributed by atoms with van der Waals surface area (Å²) in [5, 5.41) is 9.35. The molecule has 0 aliphatic rings. The first-order chi connectivity index (χ1) is 6.83. The molecule has 0 aliphatic heterocycles. The van der Waals surface area contributed by atoms with Gasteiger partial charge in [-0.1, -0.05) is 11.6 Å². The molecule has 0 radical (unpaired) electrons. The lowest BCUT2D eigenvalue weighted by atomic mass is 10.4. The van der Waals surface area contributed by atoms with Crippen molar-refractivity contribution in [3.8, 4) is 11.9 Å². The fourth-order valence-electron chi connectivity index (χ4n) is 1.21. The largest absolute Gasteiger partial charge is 0.291 e. The summed E-state index contributed by atoms with van der Waals surface area (Å²) in [5.41, 5.74) is 0.519. The van der Waals surface area contributed by atoms with Crippen LogP contribution >= 0.6 is 11.6 Å². The van der Waals surface area contributed by atoms with Gasteiger partial charge in [-0.2, -0.15) is 5.26 Å². The van der Waals surface area contributed by atoms with Gasteiger partial charge < -0.3 is 0 Å². The lowest BCUT2D eigenvalue weighted by Gasteiger charge is -2.04. The number of hydrogen-bond donors (Lipinski definition) is 0. The zero-order chi connectivity index (χ0) is 9.97. The number of hydrogen-bond acceptors (Lipinski definition) is 2. The predicted octanol–water partition coefficient (Wildman–Crippen LogP) is 2.40. The molecular weight excluding hydrogens is 198 g/mol. The van der Waals surface area contributed by atoms with Crippen LogP contribution in [0.5, 0.6) is 0 Å². The Hall–Kier alpha value is -1.79. The molecule has 2 heterocycles. The molecule has 2 rings (SSSR count). The smallest absolute Gasteiger partial charge is 0.156 e. The number of halogens is 1. The summed E-state index contributed by atoms with van der Waals surface area (Å²) >= 11 is 5.95. The first-order valence-corrected chi connectivity index (χ1v) is 4.39. The normalized spacial score (nSPS) is 9.71. The molecule has 4 heteroatoms. The fraction of sp³-hybridized carbons (Fsp3) is 0. The van der Waals surface area contributed by atoms with Crippen molar-refractivity contribution in [2.45, 2.75) is 0 Å². The van der Waals surface area contributed by atoms with E-state index < -0.39 is 0 Å². The quantitative estimate of drug-likeness (QED) is 0.714. The minimum atomic E-state index is 0.519. The minimum absolute atomic E-state index is 0.519. The monoisotopic (exact) mass is 203 g/mol. The Morgan fingerprint density at radius 1 is 1.36 bits per heavy atom. The SMILES string of the molecule is N#Cc1cccn1-c1ncccc1Cl. The van der Waals surface area contributed by atoms with Crippen molar-refractivity contribution in [2.75, 3.05) is 0 Å². The summed E-state index contributed by atoms with van der Waals surface area (Å²) in [5.74, 6) is 0.579. The number of aromatic nitrogens is 2. The van der Waals surface area contributed by atoms with Gasteiger partial charge in [0.15, 0.2) is 5.82 Å². The third kappa shape index (κ3) is 1.36. The molecule has 0 saturated heterocycles. The molecule has 3 nitrogen and oxygen atoms in total.